The number of hydrogen-bond donors (Lipinski definition) is 0. The van der Waals surface area contributed by atoms with Crippen LogP contribution >= 0.6 is 23.2 Å². The molecule has 0 aliphatic heterocycles. The molecule has 0 bridgehead atoms. The minimum Gasteiger partial charge on any atom is -0.458 e. The summed E-state index contributed by atoms with van der Waals surface area (Å²) in [6.07, 6.45) is -0.247. The summed E-state index contributed by atoms with van der Waals surface area (Å²) in [4.78, 5) is 14.3. The summed E-state index contributed by atoms with van der Waals surface area (Å²) in [6.45, 7) is 3.29. The van der Waals surface area contributed by atoms with Gasteiger partial charge in [-0.25, -0.2) is 4.79 Å². The zero-order chi connectivity index (χ0) is 16.8. The second kappa shape index (κ2) is 8.34. The molecule has 0 saturated heterocycles. The van der Waals surface area contributed by atoms with Crippen LogP contribution in [0.15, 0.2) is 48.5 Å². The highest BCUT2D eigenvalue weighted by molar-refractivity contribution is 6.36. The second-order valence-electron chi connectivity index (χ2n) is 5.52. The van der Waals surface area contributed by atoms with Crippen LogP contribution in [0, 0.1) is 0 Å². The molecule has 2 aromatic carbocycles. The first kappa shape index (κ1) is 17.8. The predicted octanol–water partition coefficient (Wildman–Crippen LogP) is 4.67. The van der Waals surface area contributed by atoms with Gasteiger partial charge in [-0.15, -0.1) is 0 Å². The van der Waals surface area contributed by atoms with E-state index >= 15 is 0 Å². The first-order chi connectivity index (χ1) is 11.0. The molecule has 0 aliphatic rings. The normalized spacial score (nSPS) is 12.2. The van der Waals surface area contributed by atoms with E-state index in [1.165, 1.54) is 11.6 Å². The maximum Gasteiger partial charge on any atom is 0.339 e. The number of carbonyl (C=O) groups is 1. The first-order valence-electron chi connectivity index (χ1n) is 7.34. The molecule has 23 heavy (non-hydrogen) atoms. The molecular weight excluding hydrogens is 333 g/mol. The van der Waals surface area contributed by atoms with Gasteiger partial charge in [-0.2, -0.15) is 0 Å². The van der Waals surface area contributed by atoms with Crippen molar-refractivity contribution in [3.8, 4) is 0 Å². The van der Waals surface area contributed by atoms with Crippen LogP contribution in [-0.2, 0) is 11.3 Å². The largest absolute Gasteiger partial charge is 0.458 e. The fourth-order valence-corrected chi connectivity index (χ4v) is 2.82. The molecule has 3 nitrogen and oxygen atoms in total. The van der Waals surface area contributed by atoms with Crippen molar-refractivity contribution >= 4 is 29.2 Å². The van der Waals surface area contributed by atoms with Crippen molar-refractivity contribution in [2.24, 2.45) is 0 Å². The molecule has 1 atom stereocenters. The number of benzene rings is 2. The van der Waals surface area contributed by atoms with Gasteiger partial charge in [-0.1, -0.05) is 53.5 Å². The van der Waals surface area contributed by atoms with Crippen molar-refractivity contribution in [1.82, 2.24) is 4.90 Å². The van der Waals surface area contributed by atoms with Crippen molar-refractivity contribution < 1.29 is 9.53 Å². The smallest absolute Gasteiger partial charge is 0.339 e. The van der Waals surface area contributed by atoms with E-state index in [1.54, 1.807) is 12.1 Å². The Morgan fingerprint density at radius 3 is 2.52 bits per heavy atom. The molecule has 0 aliphatic carbocycles. The number of nitrogens with zero attached hydrogens (tertiary/aromatic N) is 1. The summed E-state index contributed by atoms with van der Waals surface area (Å²) in [5.74, 6) is -0.438. The van der Waals surface area contributed by atoms with Crippen LogP contribution in [0.25, 0.3) is 0 Å². The van der Waals surface area contributed by atoms with E-state index in [2.05, 4.69) is 17.0 Å². The summed E-state index contributed by atoms with van der Waals surface area (Å²) < 4.78 is 5.46. The number of rotatable bonds is 6. The van der Waals surface area contributed by atoms with Gasteiger partial charge < -0.3 is 4.74 Å². The lowest BCUT2D eigenvalue weighted by Crippen LogP contribution is -2.30. The SMILES string of the molecule is C[C@H](CN(C)Cc1ccccc1)OC(=O)c1ccc(Cl)cc1Cl. The fourth-order valence-electron chi connectivity index (χ4n) is 2.34. The Labute approximate surface area is 146 Å². The third kappa shape index (κ3) is 5.54. The van der Waals surface area contributed by atoms with Crippen LogP contribution in [0.3, 0.4) is 0 Å². The summed E-state index contributed by atoms with van der Waals surface area (Å²) in [7, 11) is 1.99. The van der Waals surface area contributed by atoms with Gasteiger partial charge in [0.2, 0.25) is 0 Å². The molecule has 0 radical (unpaired) electrons. The third-order valence-corrected chi connectivity index (χ3v) is 3.87. The average molecular weight is 352 g/mol. The highest BCUT2D eigenvalue weighted by atomic mass is 35.5. The zero-order valence-corrected chi connectivity index (χ0v) is 14.6. The van der Waals surface area contributed by atoms with Gasteiger partial charge in [0.1, 0.15) is 6.10 Å². The van der Waals surface area contributed by atoms with Gasteiger partial charge in [0.05, 0.1) is 10.6 Å². The highest BCUT2D eigenvalue weighted by Gasteiger charge is 2.16. The molecule has 2 aromatic rings. The summed E-state index contributed by atoms with van der Waals surface area (Å²) in [6, 6.07) is 14.9. The maximum atomic E-state index is 12.2. The standard InChI is InChI=1S/C18H19Cl2NO2/c1-13(11-21(2)12-14-6-4-3-5-7-14)23-18(22)16-9-8-15(19)10-17(16)20/h3-10,13H,11-12H2,1-2H3/t13-/m1/s1. The Bertz CT molecular complexity index is 661. The van der Waals surface area contributed by atoms with Crippen LogP contribution in [0.5, 0.6) is 0 Å². The van der Waals surface area contributed by atoms with E-state index in [0.29, 0.717) is 22.2 Å². The average Bonchev–Trinajstić information content (AvgIpc) is 2.47. The lowest BCUT2D eigenvalue weighted by molar-refractivity contribution is 0.0268. The number of ether oxygens (including phenoxy) is 1. The Kier molecular flexibility index (Phi) is 6.46. The van der Waals surface area contributed by atoms with E-state index < -0.39 is 5.97 Å². The predicted molar refractivity (Wildman–Crippen MR) is 94.1 cm³/mol. The molecule has 0 heterocycles. The molecular formula is C18H19Cl2NO2. The molecule has 0 fully saturated rings. The van der Waals surface area contributed by atoms with Crippen LogP contribution < -0.4 is 0 Å². The number of halogens is 2. The van der Waals surface area contributed by atoms with Crippen molar-refractivity contribution in [3.05, 3.63) is 69.7 Å². The van der Waals surface area contributed by atoms with Crippen LogP contribution in [0.2, 0.25) is 10.0 Å². The van der Waals surface area contributed by atoms with Crippen LogP contribution in [0.4, 0.5) is 0 Å². The topological polar surface area (TPSA) is 29.5 Å². The van der Waals surface area contributed by atoms with Crippen LogP contribution in [0.1, 0.15) is 22.8 Å². The van der Waals surface area contributed by atoms with E-state index in [4.69, 9.17) is 27.9 Å². The van der Waals surface area contributed by atoms with Crippen molar-refractivity contribution in [1.29, 1.82) is 0 Å². The van der Waals surface area contributed by atoms with Gasteiger partial charge in [0.25, 0.3) is 0 Å². The van der Waals surface area contributed by atoms with Crippen molar-refractivity contribution in [2.75, 3.05) is 13.6 Å². The molecule has 0 N–H and O–H groups in total. The third-order valence-electron chi connectivity index (χ3n) is 3.32. The van der Waals surface area contributed by atoms with E-state index in [1.807, 2.05) is 32.2 Å². The minimum absolute atomic E-state index is 0.247. The van der Waals surface area contributed by atoms with Gasteiger partial charge in [0, 0.05) is 18.1 Å². The van der Waals surface area contributed by atoms with Crippen molar-refractivity contribution in [3.63, 3.8) is 0 Å². The lowest BCUT2D eigenvalue weighted by atomic mass is 10.2. The summed E-state index contributed by atoms with van der Waals surface area (Å²) in [5.41, 5.74) is 1.54. The Morgan fingerprint density at radius 1 is 1.17 bits per heavy atom. The highest BCUT2D eigenvalue weighted by Crippen LogP contribution is 2.22. The summed E-state index contributed by atoms with van der Waals surface area (Å²) >= 11 is 11.9. The first-order valence-corrected chi connectivity index (χ1v) is 8.10. The Morgan fingerprint density at radius 2 is 1.87 bits per heavy atom. The molecule has 2 rings (SSSR count). The second-order valence-corrected chi connectivity index (χ2v) is 6.37. The number of likely N-dealkylation sites (N-methyl/N-ethyl adjacent to an activating group) is 1. The van der Waals surface area contributed by atoms with Gasteiger partial charge in [0.15, 0.2) is 0 Å². The van der Waals surface area contributed by atoms with E-state index in [9.17, 15) is 4.79 Å². The van der Waals surface area contributed by atoms with Crippen LogP contribution in [-0.4, -0.2) is 30.6 Å². The Hall–Kier alpha value is -1.55. The van der Waals surface area contributed by atoms with Crippen molar-refractivity contribution in [2.45, 2.75) is 19.6 Å². The van der Waals surface area contributed by atoms with E-state index in [0.717, 1.165) is 6.54 Å². The van der Waals surface area contributed by atoms with Gasteiger partial charge >= 0.3 is 5.97 Å². The molecule has 0 spiro atoms. The molecule has 0 aromatic heterocycles. The number of carbonyl (C=O) groups excluding carboxylic acids is 1. The number of esters is 1. The molecule has 0 saturated carbocycles. The summed E-state index contributed by atoms with van der Waals surface area (Å²) in [5, 5.41) is 0.787. The quantitative estimate of drug-likeness (QED) is 0.708. The van der Waals surface area contributed by atoms with E-state index in [-0.39, 0.29) is 6.10 Å². The fraction of sp³-hybridized carbons (Fsp3) is 0.278. The monoisotopic (exact) mass is 351 g/mol. The molecule has 5 heteroatoms. The van der Waals surface area contributed by atoms with Gasteiger partial charge in [-0.05, 0) is 37.7 Å². The zero-order valence-electron chi connectivity index (χ0n) is 13.1. The molecule has 0 amide bonds. The molecule has 122 valence electrons. The van der Waals surface area contributed by atoms with Gasteiger partial charge in [-0.3, -0.25) is 4.90 Å². The maximum absolute atomic E-state index is 12.2. The Balaban J connectivity index is 1.88. The number of hydrogen-bond acceptors (Lipinski definition) is 3. The minimum atomic E-state index is -0.438. The molecule has 0 unspecified atom stereocenters. The lowest BCUT2D eigenvalue weighted by Gasteiger charge is -2.21.